The van der Waals surface area contributed by atoms with Crippen molar-refractivity contribution in [2.75, 3.05) is 17.7 Å². The molecule has 4 N–H and O–H groups in total. The highest BCUT2D eigenvalue weighted by molar-refractivity contribution is 5.95. The molecule has 6 heteroatoms. The van der Waals surface area contributed by atoms with Crippen molar-refractivity contribution in [3.05, 3.63) is 24.3 Å². The molecule has 2 unspecified atom stereocenters. The first-order chi connectivity index (χ1) is 9.92. The van der Waals surface area contributed by atoms with Crippen LogP contribution in [0.4, 0.5) is 11.4 Å². The van der Waals surface area contributed by atoms with Crippen LogP contribution < -0.4 is 16.4 Å². The first-order valence-electron chi connectivity index (χ1n) is 6.91. The molecule has 0 saturated heterocycles. The highest BCUT2D eigenvalue weighted by Crippen LogP contribution is 2.16. The van der Waals surface area contributed by atoms with E-state index in [1.807, 2.05) is 6.92 Å². The van der Waals surface area contributed by atoms with Gasteiger partial charge in [0.25, 0.3) is 5.91 Å². The lowest BCUT2D eigenvalue weighted by molar-refractivity contribution is -0.124. The van der Waals surface area contributed by atoms with E-state index in [9.17, 15) is 9.59 Å². The van der Waals surface area contributed by atoms with Gasteiger partial charge in [0.1, 0.15) is 6.10 Å². The van der Waals surface area contributed by atoms with Gasteiger partial charge in [-0.15, -0.1) is 0 Å². The second kappa shape index (κ2) is 8.39. The average molecular weight is 293 g/mol. The summed E-state index contributed by atoms with van der Waals surface area (Å²) in [5, 5.41) is 5.50. The molecule has 0 aliphatic carbocycles. The van der Waals surface area contributed by atoms with E-state index in [0.29, 0.717) is 24.2 Å². The van der Waals surface area contributed by atoms with Crippen LogP contribution in [0.15, 0.2) is 24.3 Å². The average Bonchev–Trinajstić information content (AvgIpc) is 2.44. The predicted molar refractivity (Wildman–Crippen MR) is 83.1 cm³/mol. The number of hydrogen-bond acceptors (Lipinski definition) is 4. The van der Waals surface area contributed by atoms with Crippen LogP contribution in [0, 0.1) is 0 Å². The fourth-order valence-corrected chi connectivity index (χ4v) is 1.61. The smallest absolute Gasteiger partial charge is 0.253 e. The molecule has 0 spiro atoms. The summed E-state index contributed by atoms with van der Waals surface area (Å²) in [5.41, 5.74) is 6.85. The standard InChI is InChI=1S/C15H23N3O3/c1-10(16)7-8-14(19)17-12-5-4-6-13(9-12)18-15(20)11(2)21-3/h4-6,9-11H,7-8,16H2,1-3H3,(H,17,19)(H,18,20). The molecule has 0 aliphatic rings. The van der Waals surface area contributed by atoms with Crippen molar-refractivity contribution in [1.29, 1.82) is 0 Å². The van der Waals surface area contributed by atoms with E-state index in [4.69, 9.17) is 10.5 Å². The second-order valence-electron chi connectivity index (χ2n) is 5.01. The summed E-state index contributed by atoms with van der Waals surface area (Å²) in [6, 6.07) is 6.96. The second-order valence-corrected chi connectivity index (χ2v) is 5.01. The number of benzene rings is 1. The molecule has 1 aromatic rings. The van der Waals surface area contributed by atoms with Crippen LogP contribution in [0.1, 0.15) is 26.7 Å². The van der Waals surface area contributed by atoms with Gasteiger partial charge in [0.15, 0.2) is 0 Å². The molecule has 2 atom stereocenters. The van der Waals surface area contributed by atoms with Gasteiger partial charge in [-0.3, -0.25) is 9.59 Å². The largest absolute Gasteiger partial charge is 0.372 e. The van der Waals surface area contributed by atoms with Gasteiger partial charge in [0.2, 0.25) is 5.91 Å². The zero-order chi connectivity index (χ0) is 15.8. The van der Waals surface area contributed by atoms with E-state index < -0.39 is 6.10 Å². The Bertz CT molecular complexity index is 489. The van der Waals surface area contributed by atoms with Crippen LogP contribution in [0.25, 0.3) is 0 Å². The van der Waals surface area contributed by atoms with Crippen molar-refractivity contribution >= 4 is 23.2 Å². The highest BCUT2D eigenvalue weighted by Gasteiger charge is 2.12. The number of carbonyl (C=O) groups excluding carboxylic acids is 2. The Morgan fingerprint density at radius 1 is 1.24 bits per heavy atom. The van der Waals surface area contributed by atoms with Crippen molar-refractivity contribution in [3.63, 3.8) is 0 Å². The molecule has 116 valence electrons. The number of anilines is 2. The minimum absolute atomic E-state index is 0.00287. The van der Waals surface area contributed by atoms with Crippen LogP contribution in [0.2, 0.25) is 0 Å². The van der Waals surface area contributed by atoms with Gasteiger partial charge in [-0.2, -0.15) is 0 Å². The molecule has 0 saturated carbocycles. The molecule has 0 fully saturated rings. The molecule has 2 amide bonds. The van der Waals surface area contributed by atoms with Crippen LogP contribution in [-0.2, 0) is 14.3 Å². The lowest BCUT2D eigenvalue weighted by Crippen LogP contribution is -2.26. The maximum atomic E-state index is 11.7. The number of nitrogens with one attached hydrogen (secondary N) is 2. The number of rotatable bonds is 7. The van der Waals surface area contributed by atoms with Gasteiger partial charge >= 0.3 is 0 Å². The van der Waals surface area contributed by atoms with Gasteiger partial charge in [-0.05, 0) is 38.5 Å². The van der Waals surface area contributed by atoms with Gasteiger partial charge in [-0.25, -0.2) is 0 Å². The Hall–Kier alpha value is -1.92. The summed E-state index contributed by atoms with van der Waals surface area (Å²) in [4.78, 5) is 23.4. The van der Waals surface area contributed by atoms with Gasteiger partial charge < -0.3 is 21.1 Å². The van der Waals surface area contributed by atoms with E-state index in [2.05, 4.69) is 10.6 Å². The Morgan fingerprint density at radius 2 is 1.86 bits per heavy atom. The van der Waals surface area contributed by atoms with Gasteiger partial charge in [0, 0.05) is 30.9 Å². The number of ether oxygens (including phenoxy) is 1. The quantitative estimate of drug-likeness (QED) is 0.713. The molecule has 1 rings (SSSR count). The maximum Gasteiger partial charge on any atom is 0.253 e. The summed E-state index contributed by atoms with van der Waals surface area (Å²) >= 11 is 0. The molecule has 1 aromatic carbocycles. The van der Waals surface area contributed by atoms with Crippen molar-refractivity contribution in [1.82, 2.24) is 0 Å². The number of hydrogen-bond donors (Lipinski definition) is 3. The third-order valence-electron chi connectivity index (χ3n) is 2.96. The summed E-state index contributed by atoms with van der Waals surface area (Å²) < 4.78 is 4.94. The topological polar surface area (TPSA) is 93.5 Å². The molecule has 0 aromatic heterocycles. The van der Waals surface area contributed by atoms with E-state index in [1.165, 1.54) is 7.11 Å². The van der Waals surface area contributed by atoms with Crippen LogP contribution >= 0.6 is 0 Å². The third kappa shape index (κ3) is 6.37. The molecule has 6 nitrogen and oxygen atoms in total. The van der Waals surface area contributed by atoms with Gasteiger partial charge in [-0.1, -0.05) is 6.07 Å². The lowest BCUT2D eigenvalue weighted by Gasteiger charge is -2.12. The third-order valence-corrected chi connectivity index (χ3v) is 2.96. The van der Waals surface area contributed by atoms with Crippen LogP contribution in [0.5, 0.6) is 0 Å². The summed E-state index contributed by atoms with van der Waals surface area (Å²) in [5.74, 6) is -0.334. The zero-order valence-electron chi connectivity index (χ0n) is 12.7. The Balaban J connectivity index is 2.60. The van der Waals surface area contributed by atoms with Gasteiger partial charge in [0.05, 0.1) is 0 Å². The van der Waals surface area contributed by atoms with Crippen molar-refractivity contribution < 1.29 is 14.3 Å². The van der Waals surface area contributed by atoms with Crippen molar-refractivity contribution in [3.8, 4) is 0 Å². The minimum Gasteiger partial charge on any atom is -0.372 e. The molecular weight excluding hydrogens is 270 g/mol. The first-order valence-corrected chi connectivity index (χ1v) is 6.91. The molecular formula is C15H23N3O3. The summed E-state index contributed by atoms with van der Waals surface area (Å²) in [6.07, 6.45) is 0.469. The minimum atomic E-state index is -0.533. The van der Waals surface area contributed by atoms with Crippen LogP contribution in [0.3, 0.4) is 0 Å². The molecule has 0 aliphatic heterocycles. The number of amides is 2. The monoisotopic (exact) mass is 293 g/mol. The fourth-order valence-electron chi connectivity index (χ4n) is 1.61. The van der Waals surface area contributed by atoms with E-state index in [0.717, 1.165) is 0 Å². The first kappa shape index (κ1) is 17.1. The number of carbonyl (C=O) groups is 2. The Morgan fingerprint density at radius 3 is 2.43 bits per heavy atom. The van der Waals surface area contributed by atoms with E-state index in [-0.39, 0.29) is 17.9 Å². The summed E-state index contributed by atoms with van der Waals surface area (Å²) in [7, 11) is 1.47. The predicted octanol–water partition coefficient (Wildman–Crippen LogP) is 1.73. The molecule has 21 heavy (non-hydrogen) atoms. The normalized spacial score (nSPS) is 13.3. The molecule has 0 bridgehead atoms. The Labute approximate surface area is 125 Å². The molecule has 0 radical (unpaired) electrons. The zero-order valence-corrected chi connectivity index (χ0v) is 12.7. The molecule has 0 heterocycles. The fraction of sp³-hybridized carbons (Fsp3) is 0.467. The Kier molecular flexibility index (Phi) is 6.84. The highest BCUT2D eigenvalue weighted by atomic mass is 16.5. The maximum absolute atomic E-state index is 11.7. The van der Waals surface area contributed by atoms with Crippen molar-refractivity contribution in [2.45, 2.75) is 38.8 Å². The lowest BCUT2D eigenvalue weighted by atomic mass is 10.2. The SMILES string of the molecule is COC(C)C(=O)Nc1cccc(NC(=O)CCC(C)N)c1. The van der Waals surface area contributed by atoms with Crippen LogP contribution in [-0.4, -0.2) is 31.1 Å². The van der Waals surface area contributed by atoms with Crippen molar-refractivity contribution in [2.24, 2.45) is 5.73 Å². The summed E-state index contributed by atoms with van der Waals surface area (Å²) in [6.45, 7) is 3.52. The van der Waals surface area contributed by atoms with E-state index >= 15 is 0 Å². The number of methoxy groups -OCH3 is 1. The van der Waals surface area contributed by atoms with E-state index in [1.54, 1.807) is 31.2 Å². The number of nitrogens with two attached hydrogens (primary N) is 1.